The Labute approximate surface area is 66.5 Å². The molecule has 2 nitrogen and oxygen atoms in total. The normalized spacial score (nSPS) is 48.5. The number of aliphatic hydroxyl groups is 1. The maximum Gasteiger partial charge on any atom is 0.0953 e. The quantitative estimate of drug-likeness (QED) is 0.565. The minimum absolute atomic E-state index is 0.0735. The Kier molecular flexibility index (Phi) is 0.879. The van der Waals surface area contributed by atoms with E-state index in [-0.39, 0.29) is 17.3 Å². The minimum atomic E-state index is -0.176. The van der Waals surface area contributed by atoms with E-state index in [1.165, 1.54) is 12.8 Å². The molecule has 2 spiro atoms. The summed E-state index contributed by atoms with van der Waals surface area (Å²) in [6.07, 6.45) is 4.34. The van der Waals surface area contributed by atoms with Crippen molar-refractivity contribution >= 4 is 0 Å². The van der Waals surface area contributed by atoms with Crippen molar-refractivity contribution in [2.24, 2.45) is 5.92 Å². The topological polar surface area (TPSA) is 29.5 Å². The lowest BCUT2D eigenvalue weighted by atomic mass is 9.96. The van der Waals surface area contributed by atoms with Crippen LogP contribution in [0, 0.1) is 5.92 Å². The van der Waals surface area contributed by atoms with E-state index in [0.29, 0.717) is 5.92 Å². The Hall–Kier alpha value is -0.0800. The molecule has 11 heavy (non-hydrogen) atoms. The molecule has 0 aromatic heterocycles. The summed E-state index contributed by atoms with van der Waals surface area (Å²) < 4.78 is 5.93. The van der Waals surface area contributed by atoms with Crippen LogP contribution in [0.25, 0.3) is 0 Å². The van der Waals surface area contributed by atoms with E-state index in [0.717, 1.165) is 12.8 Å². The van der Waals surface area contributed by atoms with E-state index in [1.807, 2.05) is 0 Å². The highest BCUT2D eigenvalue weighted by molar-refractivity contribution is 5.19. The fourth-order valence-electron chi connectivity index (χ4n) is 2.50. The summed E-state index contributed by atoms with van der Waals surface area (Å²) in [5.74, 6) is 0.380. The van der Waals surface area contributed by atoms with Crippen LogP contribution in [0.2, 0.25) is 0 Å². The lowest BCUT2D eigenvalue weighted by molar-refractivity contribution is -0.0207. The predicted octanol–water partition coefficient (Wildman–Crippen LogP) is 1.08. The van der Waals surface area contributed by atoms with Gasteiger partial charge in [-0.1, -0.05) is 6.92 Å². The number of ether oxygens (including phenoxy) is 1. The zero-order valence-corrected chi connectivity index (χ0v) is 6.84. The van der Waals surface area contributed by atoms with Gasteiger partial charge >= 0.3 is 0 Å². The van der Waals surface area contributed by atoms with Gasteiger partial charge in [0.05, 0.1) is 17.3 Å². The van der Waals surface area contributed by atoms with Crippen molar-refractivity contribution in [1.29, 1.82) is 0 Å². The second kappa shape index (κ2) is 1.50. The Bertz CT molecular complexity index is 182. The third-order valence-corrected chi connectivity index (χ3v) is 3.73. The van der Waals surface area contributed by atoms with E-state index in [9.17, 15) is 5.11 Å². The van der Waals surface area contributed by atoms with Gasteiger partial charge in [-0.2, -0.15) is 0 Å². The first-order chi connectivity index (χ1) is 5.19. The molecular formula is C9H14O2. The van der Waals surface area contributed by atoms with Crippen LogP contribution in [0.1, 0.15) is 32.6 Å². The first kappa shape index (κ1) is 6.44. The standard InChI is InChI=1S/C9H14O2/c1-6-7(10)9(4-5-9)11-8(6)2-3-8/h6-7,10H,2-5H2,1H3/t6-,7+/m1/s1. The largest absolute Gasteiger partial charge is 0.390 e. The second-order valence-electron chi connectivity index (χ2n) is 4.47. The van der Waals surface area contributed by atoms with Gasteiger partial charge in [-0.05, 0) is 25.7 Å². The van der Waals surface area contributed by atoms with E-state index in [2.05, 4.69) is 6.92 Å². The number of rotatable bonds is 0. The summed E-state index contributed by atoms with van der Waals surface area (Å²) in [6, 6.07) is 0. The molecular weight excluding hydrogens is 140 g/mol. The summed E-state index contributed by atoms with van der Waals surface area (Å²) in [4.78, 5) is 0. The van der Waals surface area contributed by atoms with Gasteiger partial charge in [-0.25, -0.2) is 0 Å². The highest BCUT2D eigenvalue weighted by Crippen LogP contribution is 2.63. The van der Waals surface area contributed by atoms with Crippen molar-refractivity contribution < 1.29 is 9.84 Å². The number of aliphatic hydroxyl groups excluding tert-OH is 1. The van der Waals surface area contributed by atoms with Gasteiger partial charge < -0.3 is 9.84 Å². The molecule has 0 bridgehead atoms. The zero-order valence-electron chi connectivity index (χ0n) is 6.84. The van der Waals surface area contributed by atoms with Crippen LogP contribution in [0.5, 0.6) is 0 Å². The molecule has 2 heteroatoms. The molecule has 0 unspecified atom stereocenters. The molecule has 1 aliphatic heterocycles. The summed E-state index contributed by atoms with van der Waals surface area (Å²) >= 11 is 0. The van der Waals surface area contributed by atoms with Crippen molar-refractivity contribution in [2.75, 3.05) is 0 Å². The summed E-state index contributed by atoms with van der Waals surface area (Å²) in [5.41, 5.74) is 0.0475. The molecule has 2 aliphatic carbocycles. The molecule has 3 rings (SSSR count). The fraction of sp³-hybridized carbons (Fsp3) is 1.00. The summed E-state index contributed by atoms with van der Waals surface area (Å²) in [7, 11) is 0. The number of hydrogen-bond donors (Lipinski definition) is 1. The first-order valence-corrected chi connectivity index (χ1v) is 4.57. The lowest BCUT2D eigenvalue weighted by Gasteiger charge is -2.12. The molecule has 3 aliphatic rings. The molecule has 0 amide bonds. The van der Waals surface area contributed by atoms with Gasteiger partial charge in [-0.3, -0.25) is 0 Å². The Morgan fingerprint density at radius 2 is 1.73 bits per heavy atom. The van der Waals surface area contributed by atoms with Gasteiger partial charge in [0.1, 0.15) is 0 Å². The monoisotopic (exact) mass is 154 g/mol. The molecule has 1 saturated heterocycles. The average Bonchev–Trinajstić information content (AvgIpc) is 2.84. The van der Waals surface area contributed by atoms with Gasteiger partial charge in [-0.15, -0.1) is 0 Å². The van der Waals surface area contributed by atoms with Crippen LogP contribution in [-0.4, -0.2) is 22.4 Å². The first-order valence-electron chi connectivity index (χ1n) is 4.57. The Balaban J connectivity index is 1.94. The molecule has 0 aromatic rings. The zero-order chi connectivity index (χ0) is 7.69. The number of hydrogen-bond acceptors (Lipinski definition) is 2. The predicted molar refractivity (Wildman–Crippen MR) is 40.2 cm³/mol. The van der Waals surface area contributed by atoms with Crippen molar-refractivity contribution in [3.8, 4) is 0 Å². The van der Waals surface area contributed by atoms with Crippen LogP contribution in [0.4, 0.5) is 0 Å². The molecule has 3 fully saturated rings. The molecule has 2 saturated carbocycles. The third-order valence-electron chi connectivity index (χ3n) is 3.73. The average molecular weight is 154 g/mol. The van der Waals surface area contributed by atoms with E-state index < -0.39 is 0 Å². The molecule has 1 N–H and O–H groups in total. The van der Waals surface area contributed by atoms with Gasteiger partial charge in [0, 0.05) is 5.92 Å². The van der Waals surface area contributed by atoms with E-state index in [4.69, 9.17) is 4.74 Å². The van der Waals surface area contributed by atoms with Crippen LogP contribution in [0.15, 0.2) is 0 Å². The highest BCUT2D eigenvalue weighted by Gasteiger charge is 2.69. The lowest BCUT2D eigenvalue weighted by Crippen LogP contribution is -2.26. The fourth-order valence-corrected chi connectivity index (χ4v) is 2.50. The van der Waals surface area contributed by atoms with E-state index >= 15 is 0 Å². The van der Waals surface area contributed by atoms with Crippen molar-refractivity contribution in [1.82, 2.24) is 0 Å². The van der Waals surface area contributed by atoms with Crippen LogP contribution >= 0.6 is 0 Å². The molecule has 0 radical (unpaired) electrons. The molecule has 1 heterocycles. The third kappa shape index (κ3) is 0.611. The Morgan fingerprint density at radius 3 is 2.00 bits per heavy atom. The molecule has 0 aromatic carbocycles. The van der Waals surface area contributed by atoms with E-state index in [1.54, 1.807) is 0 Å². The Morgan fingerprint density at radius 1 is 1.18 bits per heavy atom. The van der Waals surface area contributed by atoms with Gasteiger partial charge in [0.15, 0.2) is 0 Å². The summed E-state index contributed by atoms with van der Waals surface area (Å²) in [5, 5.41) is 9.84. The maximum atomic E-state index is 9.84. The smallest absolute Gasteiger partial charge is 0.0953 e. The van der Waals surface area contributed by atoms with Crippen molar-refractivity contribution in [3.63, 3.8) is 0 Å². The molecule has 2 atom stereocenters. The van der Waals surface area contributed by atoms with Crippen LogP contribution in [0.3, 0.4) is 0 Å². The van der Waals surface area contributed by atoms with Crippen LogP contribution < -0.4 is 0 Å². The van der Waals surface area contributed by atoms with Gasteiger partial charge in [0.25, 0.3) is 0 Å². The highest BCUT2D eigenvalue weighted by atomic mass is 16.6. The SMILES string of the molecule is C[C@@H]1[C@H](O)C2(CC2)OC12CC2. The molecule has 62 valence electrons. The second-order valence-corrected chi connectivity index (χ2v) is 4.47. The van der Waals surface area contributed by atoms with Crippen LogP contribution in [-0.2, 0) is 4.74 Å². The van der Waals surface area contributed by atoms with Gasteiger partial charge in [0.2, 0.25) is 0 Å². The summed E-state index contributed by atoms with van der Waals surface area (Å²) in [6.45, 7) is 2.13. The van der Waals surface area contributed by atoms with Crippen molar-refractivity contribution in [2.45, 2.75) is 49.9 Å². The van der Waals surface area contributed by atoms with Crippen molar-refractivity contribution in [3.05, 3.63) is 0 Å². The maximum absolute atomic E-state index is 9.84. The minimum Gasteiger partial charge on any atom is -0.390 e.